The lowest BCUT2D eigenvalue weighted by Crippen LogP contribution is -2.59. The van der Waals surface area contributed by atoms with Crippen molar-refractivity contribution in [3.63, 3.8) is 0 Å². The van der Waals surface area contributed by atoms with Crippen LogP contribution < -0.4 is 15.2 Å². The van der Waals surface area contributed by atoms with Gasteiger partial charge in [0, 0.05) is 17.6 Å². The maximum absolute atomic E-state index is 13.0. The van der Waals surface area contributed by atoms with Gasteiger partial charge in [0.15, 0.2) is 0 Å². The number of fused-ring (bicyclic) bond motifs is 1. The first kappa shape index (κ1) is 21.9. The van der Waals surface area contributed by atoms with E-state index in [1.807, 2.05) is 12.2 Å². The van der Waals surface area contributed by atoms with Crippen LogP contribution in [0.3, 0.4) is 0 Å². The molecule has 7 nitrogen and oxygen atoms in total. The largest absolute Gasteiger partial charge is 0.492 e. The Morgan fingerprint density at radius 2 is 1.88 bits per heavy atom. The molecule has 3 amide bonds. The van der Waals surface area contributed by atoms with E-state index in [1.165, 1.54) is 5.01 Å². The second kappa shape index (κ2) is 9.44. The molecule has 1 aliphatic carbocycles. The van der Waals surface area contributed by atoms with E-state index in [-0.39, 0.29) is 29.6 Å². The Bertz CT molecular complexity index is 1070. The monoisotopic (exact) mass is 453 g/mol. The summed E-state index contributed by atoms with van der Waals surface area (Å²) in [5.41, 5.74) is 3.57. The standard InChI is InChI=1S/C24H24ClN3O4/c1-27(12-13-32-19-9-5-7-17(25)15-19)23(30)16-6-4-8-18(14-16)28-24(31)21-11-3-2-10-20(21)22(29)26-28/h2-9,14-15,20-21H,10-13H2,1H3,(H,26,29). The number of carbonyl (C=O) groups excluding carboxylic acids is 3. The topological polar surface area (TPSA) is 79.0 Å². The van der Waals surface area contributed by atoms with Gasteiger partial charge in [-0.3, -0.25) is 19.8 Å². The molecule has 1 heterocycles. The maximum atomic E-state index is 13.0. The van der Waals surface area contributed by atoms with Gasteiger partial charge >= 0.3 is 0 Å². The van der Waals surface area contributed by atoms with Gasteiger partial charge < -0.3 is 9.64 Å². The van der Waals surface area contributed by atoms with Crippen molar-refractivity contribution in [2.45, 2.75) is 12.8 Å². The van der Waals surface area contributed by atoms with Crippen LogP contribution in [0, 0.1) is 11.8 Å². The number of hydrazine groups is 1. The maximum Gasteiger partial charge on any atom is 0.253 e. The van der Waals surface area contributed by atoms with E-state index in [1.54, 1.807) is 60.5 Å². The SMILES string of the molecule is CN(CCOc1cccc(Cl)c1)C(=O)c1cccc(N2NC(=O)C3CC=CCC3C2=O)c1. The van der Waals surface area contributed by atoms with E-state index >= 15 is 0 Å². The summed E-state index contributed by atoms with van der Waals surface area (Å²) < 4.78 is 5.65. The Morgan fingerprint density at radius 1 is 1.12 bits per heavy atom. The number of rotatable bonds is 6. The molecule has 2 unspecified atom stereocenters. The molecular weight excluding hydrogens is 430 g/mol. The smallest absolute Gasteiger partial charge is 0.253 e. The van der Waals surface area contributed by atoms with Gasteiger partial charge in [0.25, 0.3) is 5.91 Å². The zero-order valence-electron chi connectivity index (χ0n) is 17.7. The molecule has 166 valence electrons. The van der Waals surface area contributed by atoms with Gasteiger partial charge in [-0.05, 0) is 49.2 Å². The summed E-state index contributed by atoms with van der Waals surface area (Å²) in [6.45, 7) is 0.671. The molecule has 2 aliphatic rings. The Balaban J connectivity index is 1.41. The summed E-state index contributed by atoms with van der Waals surface area (Å²) >= 11 is 5.95. The fourth-order valence-electron chi connectivity index (χ4n) is 3.94. The minimum Gasteiger partial charge on any atom is -0.492 e. The lowest BCUT2D eigenvalue weighted by Gasteiger charge is -2.38. The van der Waals surface area contributed by atoms with Crippen molar-refractivity contribution in [3.05, 3.63) is 71.3 Å². The number of anilines is 1. The van der Waals surface area contributed by atoms with Gasteiger partial charge in [-0.2, -0.15) is 0 Å². The first-order valence-corrected chi connectivity index (χ1v) is 10.8. The average Bonchev–Trinajstić information content (AvgIpc) is 2.81. The highest BCUT2D eigenvalue weighted by Crippen LogP contribution is 2.32. The summed E-state index contributed by atoms with van der Waals surface area (Å²) in [5, 5.41) is 1.85. The van der Waals surface area contributed by atoms with Gasteiger partial charge in [-0.25, -0.2) is 5.01 Å². The zero-order chi connectivity index (χ0) is 22.7. The molecule has 0 saturated carbocycles. The number of halogens is 1. The first-order valence-electron chi connectivity index (χ1n) is 10.5. The summed E-state index contributed by atoms with van der Waals surface area (Å²) in [6.07, 6.45) is 4.99. The number of carbonyl (C=O) groups is 3. The van der Waals surface area contributed by atoms with Crippen LogP contribution in [0.5, 0.6) is 5.75 Å². The number of likely N-dealkylation sites (N-methyl/N-ethyl adjacent to an activating group) is 1. The fourth-order valence-corrected chi connectivity index (χ4v) is 4.12. The van der Waals surface area contributed by atoms with Crippen LogP contribution in [0.4, 0.5) is 5.69 Å². The van der Waals surface area contributed by atoms with Crippen molar-refractivity contribution < 1.29 is 19.1 Å². The molecule has 1 fully saturated rings. The molecule has 2 aromatic rings. The van der Waals surface area contributed by atoms with Crippen molar-refractivity contribution in [1.82, 2.24) is 10.3 Å². The van der Waals surface area contributed by atoms with Gasteiger partial charge in [-0.15, -0.1) is 0 Å². The van der Waals surface area contributed by atoms with Gasteiger partial charge in [0.2, 0.25) is 11.8 Å². The molecule has 1 aliphatic heterocycles. The van der Waals surface area contributed by atoms with E-state index in [4.69, 9.17) is 16.3 Å². The van der Waals surface area contributed by atoms with E-state index < -0.39 is 0 Å². The molecule has 1 saturated heterocycles. The summed E-state index contributed by atoms with van der Waals surface area (Å²) in [4.78, 5) is 39.9. The van der Waals surface area contributed by atoms with E-state index in [0.717, 1.165) is 0 Å². The molecule has 0 spiro atoms. The highest BCUT2D eigenvalue weighted by atomic mass is 35.5. The molecule has 0 bridgehead atoms. The van der Waals surface area contributed by atoms with E-state index in [0.29, 0.717) is 48.0 Å². The molecule has 0 aromatic heterocycles. The number of ether oxygens (including phenoxy) is 1. The number of benzene rings is 2. The molecule has 32 heavy (non-hydrogen) atoms. The fraction of sp³-hybridized carbons (Fsp3) is 0.292. The van der Waals surface area contributed by atoms with Crippen LogP contribution >= 0.6 is 11.6 Å². The van der Waals surface area contributed by atoms with Gasteiger partial charge in [0.1, 0.15) is 12.4 Å². The summed E-state index contributed by atoms with van der Waals surface area (Å²) in [5.74, 6) is -0.622. The number of nitrogens with zero attached hydrogens (tertiary/aromatic N) is 2. The molecule has 0 radical (unpaired) electrons. The highest BCUT2D eigenvalue weighted by molar-refractivity contribution is 6.30. The molecule has 1 N–H and O–H groups in total. The summed E-state index contributed by atoms with van der Waals surface area (Å²) in [7, 11) is 1.68. The predicted molar refractivity (Wildman–Crippen MR) is 121 cm³/mol. The minimum atomic E-state index is -0.376. The number of hydrogen-bond donors (Lipinski definition) is 1. The third-order valence-electron chi connectivity index (χ3n) is 5.72. The van der Waals surface area contributed by atoms with Crippen LogP contribution in [0.2, 0.25) is 5.02 Å². The van der Waals surface area contributed by atoms with Crippen molar-refractivity contribution in [1.29, 1.82) is 0 Å². The number of allylic oxidation sites excluding steroid dienone is 2. The van der Waals surface area contributed by atoms with Crippen molar-refractivity contribution >= 4 is 35.0 Å². The Labute approximate surface area is 191 Å². The lowest BCUT2D eigenvalue weighted by molar-refractivity contribution is -0.139. The molecule has 4 rings (SSSR count). The third kappa shape index (κ3) is 4.62. The zero-order valence-corrected chi connectivity index (χ0v) is 18.4. The number of nitrogens with one attached hydrogen (secondary N) is 1. The highest BCUT2D eigenvalue weighted by Gasteiger charge is 2.42. The quantitative estimate of drug-likeness (QED) is 0.679. The molecule has 8 heteroatoms. The third-order valence-corrected chi connectivity index (χ3v) is 5.95. The van der Waals surface area contributed by atoms with Crippen molar-refractivity contribution in [3.8, 4) is 5.75 Å². The summed E-state index contributed by atoms with van der Waals surface area (Å²) in [6, 6.07) is 13.8. The number of hydrogen-bond acceptors (Lipinski definition) is 4. The number of amides is 3. The Morgan fingerprint density at radius 3 is 2.66 bits per heavy atom. The second-order valence-corrected chi connectivity index (χ2v) is 8.32. The predicted octanol–water partition coefficient (Wildman–Crippen LogP) is 3.45. The van der Waals surface area contributed by atoms with Crippen molar-refractivity contribution in [2.75, 3.05) is 25.2 Å². The van der Waals surface area contributed by atoms with Gasteiger partial charge in [0.05, 0.1) is 24.1 Å². The molecule has 2 aromatic carbocycles. The average molecular weight is 454 g/mol. The van der Waals surface area contributed by atoms with Gasteiger partial charge in [-0.1, -0.05) is 35.9 Å². The van der Waals surface area contributed by atoms with Crippen LogP contribution in [0.15, 0.2) is 60.7 Å². The van der Waals surface area contributed by atoms with E-state index in [2.05, 4.69) is 5.43 Å². The van der Waals surface area contributed by atoms with Crippen molar-refractivity contribution in [2.24, 2.45) is 11.8 Å². The Kier molecular flexibility index (Phi) is 6.46. The van der Waals surface area contributed by atoms with Crippen LogP contribution in [0.25, 0.3) is 0 Å². The van der Waals surface area contributed by atoms with Crippen LogP contribution in [-0.4, -0.2) is 42.8 Å². The van der Waals surface area contributed by atoms with Crippen LogP contribution in [0.1, 0.15) is 23.2 Å². The molecule has 2 atom stereocenters. The minimum absolute atomic E-state index is 0.160. The Hall–Kier alpha value is -3.32. The van der Waals surface area contributed by atoms with Crippen LogP contribution in [-0.2, 0) is 9.59 Å². The van der Waals surface area contributed by atoms with E-state index in [9.17, 15) is 14.4 Å². The normalized spacial score (nSPS) is 19.9. The molecular formula is C24H24ClN3O4. The first-order chi connectivity index (χ1) is 15.4. The second-order valence-electron chi connectivity index (χ2n) is 7.89. The lowest BCUT2D eigenvalue weighted by atomic mass is 9.80.